The fourth-order valence-corrected chi connectivity index (χ4v) is 4.72. The van der Waals surface area contributed by atoms with Crippen LogP contribution in [0, 0.1) is 12.8 Å². The summed E-state index contributed by atoms with van der Waals surface area (Å²) in [5, 5.41) is 3.61. The van der Waals surface area contributed by atoms with E-state index in [0.717, 1.165) is 65.0 Å². The van der Waals surface area contributed by atoms with E-state index in [1.54, 1.807) is 0 Å². The molecule has 8 heteroatoms. The van der Waals surface area contributed by atoms with Crippen molar-refractivity contribution in [3.63, 3.8) is 0 Å². The Morgan fingerprint density at radius 3 is 2.70 bits per heavy atom. The maximum atomic E-state index is 5.55. The molecule has 2 unspecified atom stereocenters. The van der Waals surface area contributed by atoms with Crippen molar-refractivity contribution in [3.8, 4) is 0 Å². The summed E-state index contributed by atoms with van der Waals surface area (Å²) in [7, 11) is 3.98. The van der Waals surface area contributed by atoms with E-state index >= 15 is 0 Å². The summed E-state index contributed by atoms with van der Waals surface area (Å²) in [4.78, 5) is 12.0. The average molecular weight is 508 g/mol. The molecule has 0 radical (unpaired) electrons. The van der Waals surface area contributed by atoms with Crippen LogP contribution < -0.4 is 5.32 Å². The van der Waals surface area contributed by atoms with Crippen molar-refractivity contribution in [2.45, 2.75) is 19.4 Å². The third-order valence-electron chi connectivity index (χ3n) is 5.16. The smallest absolute Gasteiger partial charge is 0.193 e. The van der Waals surface area contributed by atoms with Gasteiger partial charge in [-0.1, -0.05) is 0 Å². The van der Waals surface area contributed by atoms with Crippen LogP contribution in [0.3, 0.4) is 0 Å². The predicted molar refractivity (Wildman–Crippen MR) is 123 cm³/mol. The molecule has 0 aliphatic carbocycles. The van der Waals surface area contributed by atoms with E-state index in [0.29, 0.717) is 12.0 Å². The minimum absolute atomic E-state index is 0. The Morgan fingerprint density at radius 1 is 1.33 bits per heavy atom. The number of aliphatic imine (C=N–C) groups is 1. The molecular formula is C19H33IN4O2S. The first-order chi connectivity index (χ1) is 12.7. The number of nitrogens with zero attached hydrogens (tertiary/aromatic N) is 3. The van der Waals surface area contributed by atoms with Crippen LogP contribution in [0.5, 0.6) is 0 Å². The minimum atomic E-state index is 0. The molecule has 0 spiro atoms. The summed E-state index contributed by atoms with van der Waals surface area (Å²) in [5.41, 5.74) is 0. The van der Waals surface area contributed by atoms with Crippen molar-refractivity contribution in [2.24, 2.45) is 10.9 Å². The van der Waals surface area contributed by atoms with Gasteiger partial charge in [0.2, 0.25) is 0 Å². The van der Waals surface area contributed by atoms with Gasteiger partial charge in [0.1, 0.15) is 0 Å². The molecule has 27 heavy (non-hydrogen) atoms. The first kappa shape index (κ1) is 22.9. The lowest BCUT2D eigenvalue weighted by molar-refractivity contribution is 0.0176. The Labute approximate surface area is 184 Å². The number of aryl methyl sites for hydroxylation is 1. The topological polar surface area (TPSA) is 49.3 Å². The van der Waals surface area contributed by atoms with Gasteiger partial charge in [0.05, 0.1) is 25.9 Å². The van der Waals surface area contributed by atoms with E-state index in [2.05, 4.69) is 46.2 Å². The largest absolute Gasteiger partial charge is 0.381 e. The van der Waals surface area contributed by atoms with Crippen LogP contribution >= 0.6 is 35.3 Å². The lowest BCUT2D eigenvalue weighted by Crippen LogP contribution is -2.47. The zero-order valence-corrected chi connectivity index (χ0v) is 19.8. The summed E-state index contributed by atoms with van der Waals surface area (Å²) in [6.07, 6.45) is 1.15. The summed E-state index contributed by atoms with van der Waals surface area (Å²) < 4.78 is 11.1. The molecular weight excluding hydrogens is 475 g/mol. The highest BCUT2D eigenvalue weighted by Gasteiger charge is 2.25. The van der Waals surface area contributed by atoms with Gasteiger partial charge in [-0.2, -0.15) is 0 Å². The van der Waals surface area contributed by atoms with Gasteiger partial charge in [0.15, 0.2) is 5.96 Å². The molecule has 2 aliphatic rings. The highest BCUT2D eigenvalue weighted by Crippen LogP contribution is 2.28. The number of thiophene rings is 1. The second kappa shape index (κ2) is 11.5. The molecule has 0 saturated carbocycles. The van der Waals surface area contributed by atoms with E-state index < -0.39 is 0 Å². The van der Waals surface area contributed by atoms with Crippen molar-refractivity contribution < 1.29 is 9.47 Å². The van der Waals surface area contributed by atoms with Gasteiger partial charge in [-0.05, 0) is 25.5 Å². The highest BCUT2D eigenvalue weighted by atomic mass is 127. The SMILES string of the molecule is CN=C(NCC(c1ccc(C)s1)N1CCOCC1)N(C)CC1CCOC1.I. The molecule has 1 aromatic heterocycles. The molecule has 3 rings (SSSR count). The zero-order chi connectivity index (χ0) is 18.4. The molecule has 6 nitrogen and oxygen atoms in total. The number of halogens is 1. The number of ether oxygens (including phenoxy) is 2. The zero-order valence-electron chi connectivity index (χ0n) is 16.6. The fourth-order valence-electron chi connectivity index (χ4n) is 3.71. The number of hydrogen-bond acceptors (Lipinski definition) is 5. The summed E-state index contributed by atoms with van der Waals surface area (Å²) in [6.45, 7) is 9.38. The third-order valence-corrected chi connectivity index (χ3v) is 6.26. The summed E-state index contributed by atoms with van der Waals surface area (Å²) in [5.74, 6) is 1.57. The van der Waals surface area contributed by atoms with E-state index in [1.165, 1.54) is 9.75 Å². The number of guanidine groups is 1. The number of nitrogens with one attached hydrogen (secondary N) is 1. The molecule has 2 fully saturated rings. The van der Waals surface area contributed by atoms with Crippen LogP contribution in [0.15, 0.2) is 17.1 Å². The molecule has 2 saturated heterocycles. The Balaban J connectivity index is 0.00000261. The summed E-state index contributed by atoms with van der Waals surface area (Å²) >= 11 is 1.89. The monoisotopic (exact) mass is 508 g/mol. The second-order valence-corrected chi connectivity index (χ2v) is 8.47. The lowest BCUT2D eigenvalue weighted by Gasteiger charge is -2.35. The molecule has 2 atom stereocenters. The van der Waals surface area contributed by atoms with Gasteiger partial charge in [0.25, 0.3) is 0 Å². The van der Waals surface area contributed by atoms with Gasteiger partial charge < -0.3 is 19.7 Å². The van der Waals surface area contributed by atoms with E-state index in [1.807, 2.05) is 18.4 Å². The Kier molecular flexibility index (Phi) is 9.78. The number of morpholine rings is 1. The molecule has 3 heterocycles. The quantitative estimate of drug-likeness (QED) is 0.364. The van der Waals surface area contributed by atoms with Crippen LogP contribution in [0.1, 0.15) is 22.2 Å². The predicted octanol–water partition coefficient (Wildman–Crippen LogP) is 2.59. The molecule has 1 N–H and O–H groups in total. The fraction of sp³-hybridized carbons (Fsp3) is 0.737. The molecule has 0 amide bonds. The normalized spacial score (nSPS) is 22.3. The third kappa shape index (κ3) is 6.56. The van der Waals surface area contributed by atoms with Crippen LogP contribution in [-0.2, 0) is 9.47 Å². The Morgan fingerprint density at radius 2 is 2.11 bits per heavy atom. The van der Waals surface area contributed by atoms with Crippen molar-refractivity contribution >= 4 is 41.3 Å². The number of rotatable bonds is 6. The van der Waals surface area contributed by atoms with Gasteiger partial charge in [-0.25, -0.2) is 0 Å². The van der Waals surface area contributed by atoms with Crippen LogP contribution in [0.4, 0.5) is 0 Å². The maximum Gasteiger partial charge on any atom is 0.193 e. The van der Waals surface area contributed by atoms with Crippen molar-refractivity contribution in [3.05, 3.63) is 21.9 Å². The van der Waals surface area contributed by atoms with Crippen molar-refractivity contribution in [1.29, 1.82) is 0 Å². The molecule has 0 bridgehead atoms. The van der Waals surface area contributed by atoms with Crippen LogP contribution in [0.2, 0.25) is 0 Å². The minimum Gasteiger partial charge on any atom is -0.381 e. The van der Waals surface area contributed by atoms with E-state index in [-0.39, 0.29) is 24.0 Å². The molecule has 2 aliphatic heterocycles. The Bertz CT molecular complexity index is 586. The average Bonchev–Trinajstić information content (AvgIpc) is 3.31. The van der Waals surface area contributed by atoms with Gasteiger partial charge in [-0.15, -0.1) is 35.3 Å². The van der Waals surface area contributed by atoms with Crippen molar-refractivity contribution in [1.82, 2.24) is 15.1 Å². The summed E-state index contributed by atoms with van der Waals surface area (Å²) in [6, 6.07) is 4.84. The first-order valence-corrected chi connectivity index (χ1v) is 10.4. The van der Waals surface area contributed by atoms with E-state index in [9.17, 15) is 0 Å². The van der Waals surface area contributed by atoms with Crippen molar-refractivity contribution in [2.75, 3.05) is 66.7 Å². The molecule has 154 valence electrons. The molecule has 1 aromatic rings. The maximum absolute atomic E-state index is 5.55. The van der Waals surface area contributed by atoms with Crippen LogP contribution in [-0.4, -0.2) is 82.5 Å². The number of hydrogen-bond donors (Lipinski definition) is 1. The van der Waals surface area contributed by atoms with Gasteiger partial charge in [0, 0.05) is 62.6 Å². The van der Waals surface area contributed by atoms with E-state index in [4.69, 9.17) is 9.47 Å². The van der Waals surface area contributed by atoms with Gasteiger partial charge >= 0.3 is 0 Å². The van der Waals surface area contributed by atoms with Gasteiger partial charge in [-0.3, -0.25) is 9.89 Å². The second-order valence-electron chi connectivity index (χ2n) is 7.15. The molecule has 0 aromatic carbocycles. The Hall–Kier alpha value is -0.420. The highest BCUT2D eigenvalue weighted by molar-refractivity contribution is 14.0. The first-order valence-electron chi connectivity index (χ1n) is 9.55. The van der Waals surface area contributed by atoms with Crippen LogP contribution in [0.25, 0.3) is 0 Å². The standard InChI is InChI=1S/C19H32N4O2S.HI/c1-15-4-5-18(26-15)17(23-7-10-24-11-8-23)12-21-19(20-2)22(3)13-16-6-9-25-14-16;/h4-5,16-17H,6-14H2,1-3H3,(H,20,21);1H. The lowest BCUT2D eigenvalue weighted by atomic mass is 10.1.